The molecule has 0 radical (unpaired) electrons. The summed E-state index contributed by atoms with van der Waals surface area (Å²) in [6.07, 6.45) is 6.45. The van der Waals surface area contributed by atoms with E-state index in [1.165, 1.54) is 17.7 Å². The van der Waals surface area contributed by atoms with Gasteiger partial charge in [-0.3, -0.25) is 0 Å². The van der Waals surface area contributed by atoms with E-state index < -0.39 is 0 Å². The number of unbranched alkanes of at least 4 members (excludes halogenated alkanes) is 2. The van der Waals surface area contributed by atoms with Crippen molar-refractivity contribution in [1.82, 2.24) is 4.98 Å². The molecule has 2 nitrogen and oxygen atoms in total. The third-order valence-electron chi connectivity index (χ3n) is 1.65. The maximum atomic E-state index is 5.69. The lowest BCUT2D eigenvalue weighted by molar-refractivity contribution is 0.690. The van der Waals surface area contributed by atoms with Crippen LogP contribution in [0.2, 0.25) is 4.47 Å². The average molecular weight is 205 g/mol. The van der Waals surface area contributed by atoms with Gasteiger partial charge in [0.2, 0.25) is 0 Å². The van der Waals surface area contributed by atoms with Gasteiger partial charge in [-0.2, -0.15) is 0 Å². The standard InChI is InChI=1S/C8H13ClN2S/c9-8-11-6-7(12-8)4-2-1-3-5-10/h6H,1-5,10H2. The summed E-state index contributed by atoms with van der Waals surface area (Å²) in [6, 6.07) is 0. The molecule has 0 aliphatic carbocycles. The van der Waals surface area contributed by atoms with E-state index in [0.29, 0.717) is 4.47 Å². The first-order chi connectivity index (χ1) is 5.83. The summed E-state index contributed by atoms with van der Waals surface area (Å²) in [6.45, 7) is 0.795. The summed E-state index contributed by atoms with van der Waals surface area (Å²) in [5.74, 6) is 0. The first kappa shape index (κ1) is 9.96. The lowest BCUT2D eigenvalue weighted by atomic mass is 10.2. The number of hydrogen-bond acceptors (Lipinski definition) is 3. The predicted octanol–water partition coefficient (Wildman–Crippen LogP) is 2.47. The highest BCUT2D eigenvalue weighted by Gasteiger charge is 1.98. The highest BCUT2D eigenvalue weighted by atomic mass is 35.5. The van der Waals surface area contributed by atoms with Crippen LogP contribution in [0.25, 0.3) is 0 Å². The highest BCUT2D eigenvalue weighted by molar-refractivity contribution is 7.15. The van der Waals surface area contributed by atoms with Gasteiger partial charge in [-0.15, -0.1) is 11.3 Å². The van der Waals surface area contributed by atoms with Crippen molar-refractivity contribution in [2.75, 3.05) is 6.54 Å². The Labute approximate surface area is 81.8 Å². The molecule has 1 aromatic rings. The van der Waals surface area contributed by atoms with Crippen LogP contribution in [0.3, 0.4) is 0 Å². The van der Waals surface area contributed by atoms with Crippen molar-refractivity contribution in [3.8, 4) is 0 Å². The zero-order valence-electron chi connectivity index (χ0n) is 6.92. The minimum Gasteiger partial charge on any atom is -0.330 e. The fourth-order valence-electron chi connectivity index (χ4n) is 1.02. The molecule has 0 amide bonds. The monoisotopic (exact) mass is 204 g/mol. The second-order valence-corrected chi connectivity index (χ2v) is 4.38. The molecular weight excluding hydrogens is 192 g/mol. The van der Waals surface area contributed by atoms with Gasteiger partial charge in [0.1, 0.15) is 0 Å². The fourth-order valence-corrected chi connectivity index (χ4v) is 2.04. The van der Waals surface area contributed by atoms with Gasteiger partial charge in [-0.1, -0.05) is 18.0 Å². The van der Waals surface area contributed by atoms with Crippen molar-refractivity contribution in [3.05, 3.63) is 15.5 Å². The van der Waals surface area contributed by atoms with Gasteiger partial charge in [0.25, 0.3) is 0 Å². The van der Waals surface area contributed by atoms with E-state index in [1.54, 1.807) is 11.3 Å². The van der Waals surface area contributed by atoms with Crippen LogP contribution in [0.15, 0.2) is 6.20 Å². The van der Waals surface area contributed by atoms with Crippen molar-refractivity contribution in [3.63, 3.8) is 0 Å². The van der Waals surface area contributed by atoms with Crippen molar-refractivity contribution in [2.24, 2.45) is 5.73 Å². The largest absolute Gasteiger partial charge is 0.330 e. The molecule has 0 aliphatic rings. The summed E-state index contributed by atoms with van der Waals surface area (Å²) in [5, 5.41) is 0. The molecule has 0 saturated carbocycles. The predicted molar refractivity (Wildman–Crippen MR) is 53.7 cm³/mol. The first-order valence-corrected chi connectivity index (χ1v) is 5.32. The summed E-state index contributed by atoms with van der Waals surface area (Å²) < 4.78 is 0.642. The van der Waals surface area contributed by atoms with Crippen LogP contribution in [0.5, 0.6) is 0 Å². The van der Waals surface area contributed by atoms with Crippen LogP contribution in [-0.4, -0.2) is 11.5 Å². The average Bonchev–Trinajstić information content (AvgIpc) is 2.45. The van der Waals surface area contributed by atoms with E-state index in [2.05, 4.69) is 4.98 Å². The molecule has 0 spiro atoms. The molecule has 68 valence electrons. The molecule has 2 N–H and O–H groups in total. The molecule has 0 fully saturated rings. The molecule has 12 heavy (non-hydrogen) atoms. The second kappa shape index (κ2) is 5.51. The van der Waals surface area contributed by atoms with E-state index in [4.69, 9.17) is 17.3 Å². The maximum absolute atomic E-state index is 5.69. The van der Waals surface area contributed by atoms with E-state index in [-0.39, 0.29) is 0 Å². The van der Waals surface area contributed by atoms with Crippen molar-refractivity contribution in [2.45, 2.75) is 25.7 Å². The minimum atomic E-state index is 0.642. The number of nitrogens with two attached hydrogens (primary N) is 1. The van der Waals surface area contributed by atoms with E-state index >= 15 is 0 Å². The summed E-state index contributed by atoms with van der Waals surface area (Å²) in [7, 11) is 0. The molecular formula is C8H13ClN2S. The summed E-state index contributed by atoms with van der Waals surface area (Å²) in [5.41, 5.74) is 5.38. The first-order valence-electron chi connectivity index (χ1n) is 4.13. The molecule has 0 aromatic carbocycles. The number of thiazole rings is 1. The lowest BCUT2D eigenvalue weighted by Gasteiger charge is -1.95. The third-order valence-corrected chi connectivity index (χ3v) is 2.83. The third kappa shape index (κ3) is 3.52. The van der Waals surface area contributed by atoms with Gasteiger partial charge < -0.3 is 5.73 Å². The molecule has 1 rings (SSSR count). The Bertz CT molecular complexity index is 225. The zero-order chi connectivity index (χ0) is 8.81. The van der Waals surface area contributed by atoms with Gasteiger partial charge in [0, 0.05) is 11.1 Å². The lowest BCUT2D eigenvalue weighted by Crippen LogP contribution is -1.97. The fraction of sp³-hybridized carbons (Fsp3) is 0.625. The van der Waals surface area contributed by atoms with Crippen molar-refractivity contribution in [1.29, 1.82) is 0 Å². The molecule has 4 heteroatoms. The Kier molecular flexibility index (Phi) is 4.58. The number of nitrogens with zero attached hydrogens (tertiary/aromatic N) is 1. The van der Waals surface area contributed by atoms with E-state index in [0.717, 1.165) is 19.4 Å². The van der Waals surface area contributed by atoms with Crippen LogP contribution in [0.4, 0.5) is 0 Å². The molecule has 0 atom stereocenters. The Hall–Kier alpha value is -0.120. The Balaban J connectivity index is 2.15. The van der Waals surface area contributed by atoms with Crippen molar-refractivity contribution < 1.29 is 0 Å². The zero-order valence-corrected chi connectivity index (χ0v) is 8.50. The van der Waals surface area contributed by atoms with Crippen LogP contribution < -0.4 is 5.73 Å². The van der Waals surface area contributed by atoms with Crippen molar-refractivity contribution >= 4 is 22.9 Å². The minimum absolute atomic E-state index is 0.642. The van der Waals surface area contributed by atoms with Gasteiger partial charge in [-0.25, -0.2) is 4.98 Å². The highest BCUT2D eigenvalue weighted by Crippen LogP contribution is 2.19. The maximum Gasteiger partial charge on any atom is 0.183 e. The van der Waals surface area contributed by atoms with Gasteiger partial charge in [0.05, 0.1) is 0 Å². The number of rotatable bonds is 5. The van der Waals surface area contributed by atoms with E-state index in [9.17, 15) is 0 Å². The molecule has 0 bridgehead atoms. The molecule has 0 saturated heterocycles. The number of aryl methyl sites for hydroxylation is 1. The quantitative estimate of drug-likeness (QED) is 0.749. The van der Waals surface area contributed by atoms with Gasteiger partial charge >= 0.3 is 0 Å². The van der Waals surface area contributed by atoms with Gasteiger partial charge in [0.15, 0.2) is 4.47 Å². The molecule has 1 heterocycles. The van der Waals surface area contributed by atoms with Crippen LogP contribution >= 0.6 is 22.9 Å². The summed E-state index contributed by atoms with van der Waals surface area (Å²) in [4.78, 5) is 5.25. The number of halogens is 1. The number of hydrogen-bond donors (Lipinski definition) is 1. The van der Waals surface area contributed by atoms with Crippen LogP contribution in [0, 0.1) is 0 Å². The normalized spacial score (nSPS) is 10.5. The molecule has 0 unspecified atom stereocenters. The topological polar surface area (TPSA) is 38.9 Å². The molecule has 0 aliphatic heterocycles. The summed E-state index contributed by atoms with van der Waals surface area (Å²) >= 11 is 7.26. The van der Waals surface area contributed by atoms with E-state index in [1.807, 2.05) is 6.20 Å². The smallest absolute Gasteiger partial charge is 0.183 e. The Morgan fingerprint density at radius 1 is 1.42 bits per heavy atom. The second-order valence-electron chi connectivity index (χ2n) is 2.68. The number of aromatic nitrogens is 1. The molecule has 1 aromatic heterocycles. The Morgan fingerprint density at radius 3 is 2.83 bits per heavy atom. The van der Waals surface area contributed by atoms with Crippen LogP contribution in [0.1, 0.15) is 24.1 Å². The Morgan fingerprint density at radius 2 is 2.25 bits per heavy atom. The van der Waals surface area contributed by atoms with Crippen LogP contribution in [-0.2, 0) is 6.42 Å². The SMILES string of the molecule is NCCCCCc1cnc(Cl)s1. The van der Waals surface area contributed by atoms with Gasteiger partial charge in [-0.05, 0) is 25.8 Å².